The largest absolute Gasteiger partial charge is 0.494 e. The maximum atomic E-state index is 11.7. The molecule has 0 heterocycles. The van der Waals surface area contributed by atoms with E-state index in [2.05, 4.69) is 10.6 Å². The van der Waals surface area contributed by atoms with Gasteiger partial charge in [0, 0.05) is 11.6 Å². The second-order valence-corrected chi connectivity index (χ2v) is 5.75. The molecule has 0 aliphatic rings. The third-order valence-electron chi connectivity index (χ3n) is 3.38. The van der Waals surface area contributed by atoms with E-state index in [0.29, 0.717) is 31.3 Å². The molecule has 2 N–H and O–H groups in total. The normalized spacial score (nSPS) is 10.2. The molecule has 6 heteroatoms. The van der Waals surface area contributed by atoms with Crippen LogP contribution in [0.2, 0.25) is 5.02 Å². The van der Waals surface area contributed by atoms with Crippen LogP contribution in [-0.4, -0.2) is 32.3 Å². The van der Waals surface area contributed by atoms with E-state index in [4.69, 9.17) is 21.1 Å². The summed E-state index contributed by atoms with van der Waals surface area (Å²) in [4.78, 5) is 11.7. The predicted octanol–water partition coefficient (Wildman–Crippen LogP) is 3.66. The summed E-state index contributed by atoms with van der Waals surface area (Å²) in [6, 6.07) is 14.8. The number of hydrogen-bond donors (Lipinski definition) is 2. The molecule has 0 saturated heterocycles. The van der Waals surface area contributed by atoms with E-state index >= 15 is 0 Å². The first kappa shape index (κ1) is 18.9. The fourth-order valence-electron chi connectivity index (χ4n) is 2.21. The number of nitrogens with one attached hydrogen (secondary N) is 2. The molecule has 0 bridgehead atoms. The van der Waals surface area contributed by atoms with E-state index in [1.54, 1.807) is 0 Å². The number of carbonyl (C=O) groups is 1. The molecule has 2 aromatic rings. The van der Waals surface area contributed by atoms with Crippen molar-refractivity contribution in [2.45, 2.75) is 13.3 Å². The summed E-state index contributed by atoms with van der Waals surface area (Å²) >= 11 is 5.93. The highest BCUT2D eigenvalue weighted by Gasteiger charge is 2.01. The minimum atomic E-state index is -0.211. The summed E-state index contributed by atoms with van der Waals surface area (Å²) in [6.45, 7) is 3.95. The highest BCUT2D eigenvalue weighted by atomic mass is 35.5. The monoisotopic (exact) mass is 362 g/mol. The molecule has 25 heavy (non-hydrogen) atoms. The summed E-state index contributed by atoms with van der Waals surface area (Å²) in [7, 11) is 0. The Balaban J connectivity index is 1.57. The lowest BCUT2D eigenvalue weighted by Gasteiger charge is -2.10. The van der Waals surface area contributed by atoms with Crippen molar-refractivity contribution in [1.82, 2.24) is 10.6 Å². The van der Waals surface area contributed by atoms with Gasteiger partial charge in [-0.1, -0.05) is 23.7 Å². The van der Waals surface area contributed by atoms with Gasteiger partial charge in [0.1, 0.15) is 18.1 Å². The Kier molecular flexibility index (Phi) is 7.92. The van der Waals surface area contributed by atoms with E-state index < -0.39 is 0 Å². The van der Waals surface area contributed by atoms with E-state index in [1.807, 2.05) is 55.5 Å². The molecular weight excluding hydrogens is 340 g/mol. The molecule has 0 spiro atoms. The van der Waals surface area contributed by atoms with Gasteiger partial charge in [0.05, 0.1) is 13.2 Å². The molecule has 5 nitrogen and oxygen atoms in total. The first-order valence-corrected chi connectivity index (χ1v) is 8.67. The van der Waals surface area contributed by atoms with Gasteiger partial charge in [-0.2, -0.15) is 0 Å². The summed E-state index contributed by atoms with van der Waals surface area (Å²) < 4.78 is 10.9. The molecule has 0 aromatic heterocycles. The van der Waals surface area contributed by atoms with Crippen molar-refractivity contribution in [1.29, 1.82) is 0 Å². The molecule has 0 saturated carbocycles. The fraction of sp³-hybridized carbons (Fsp3) is 0.316. The van der Waals surface area contributed by atoms with Crippen LogP contribution in [0.1, 0.15) is 12.5 Å². The lowest BCUT2D eigenvalue weighted by molar-refractivity contribution is 0.236. The molecule has 0 atom stereocenters. The first-order valence-electron chi connectivity index (χ1n) is 8.29. The number of hydrogen-bond acceptors (Lipinski definition) is 3. The molecular formula is C19H23ClN2O3. The summed E-state index contributed by atoms with van der Waals surface area (Å²) in [5, 5.41) is 6.26. The van der Waals surface area contributed by atoms with Gasteiger partial charge in [-0.3, -0.25) is 0 Å². The van der Waals surface area contributed by atoms with Crippen LogP contribution in [0.5, 0.6) is 11.5 Å². The van der Waals surface area contributed by atoms with E-state index in [9.17, 15) is 4.79 Å². The van der Waals surface area contributed by atoms with Crippen molar-refractivity contribution >= 4 is 17.6 Å². The Bertz CT molecular complexity index is 662. The summed E-state index contributed by atoms with van der Waals surface area (Å²) in [6.07, 6.45) is 0.733. The predicted molar refractivity (Wildman–Crippen MR) is 99.7 cm³/mol. The quantitative estimate of drug-likeness (QED) is 0.669. The maximum absolute atomic E-state index is 11.7. The zero-order chi connectivity index (χ0) is 17.9. The lowest BCUT2D eigenvalue weighted by atomic mass is 10.1. The number of benzene rings is 2. The molecule has 0 aliphatic heterocycles. The van der Waals surface area contributed by atoms with Gasteiger partial charge in [0.2, 0.25) is 0 Å². The average molecular weight is 363 g/mol. The van der Waals surface area contributed by atoms with Crippen LogP contribution in [0, 0.1) is 0 Å². The minimum absolute atomic E-state index is 0.211. The molecule has 2 aromatic carbocycles. The number of rotatable bonds is 9. The number of amides is 2. The standard InChI is InChI=1S/C19H23ClN2O3/c1-2-24-17-6-8-18(9-7-17)25-13-12-22-19(23)21-11-10-15-4-3-5-16(20)14-15/h3-9,14H,2,10-13H2,1H3,(H2,21,22,23). The van der Waals surface area contributed by atoms with Crippen molar-refractivity contribution < 1.29 is 14.3 Å². The lowest BCUT2D eigenvalue weighted by Crippen LogP contribution is -2.38. The van der Waals surface area contributed by atoms with E-state index in [-0.39, 0.29) is 6.03 Å². The number of urea groups is 1. The van der Waals surface area contributed by atoms with Gasteiger partial charge in [0.15, 0.2) is 0 Å². The van der Waals surface area contributed by atoms with Gasteiger partial charge in [-0.05, 0) is 55.3 Å². The zero-order valence-corrected chi connectivity index (χ0v) is 15.0. The van der Waals surface area contributed by atoms with E-state index in [0.717, 1.165) is 23.5 Å². The summed E-state index contributed by atoms with van der Waals surface area (Å²) in [5.41, 5.74) is 1.09. The highest BCUT2D eigenvalue weighted by molar-refractivity contribution is 6.30. The Hall–Kier alpha value is -2.40. The topological polar surface area (TPSA) is 59.6 Å². The Labute approximate surface area is 153 Å². The van der Waals surface area contributed by atoms with Crippen LogP contribution in [-0.2, 0) is 6.42 Å². The fourth-order valence-corrected chi connectivity index (χ4v) is 2.42. The molecule has 0 radical (unpaired) electrons. The SMILES string of the molecule is CCOc1ccc(OCCNC(=O)NCCc2cccc(Cl)c2)cc1. The molecule has 0 fully saturated rings. The van der Waals surface area contributed by atoms with Crippen molar-refractivity contribution in [2.24, 2.45) is 0 Å². The average Bonchev–Trinajstić information content (AvgIpc) is 2.60. The molecule has 2 amide bonds. The second-order valence-electron chi connectivity index (χ2n) is 5.32. The van der Waals surface area contributed by atoms with Crippen LogP contribution in [0.15, 0.2) is 48.5 Å². The third kappa shape index (κ3) is 7.35. The second kappa shape index (κ2) is 10.5. The molecule has 0 aliphatic carbocycles. The van der Waals surface area contributed by atoms with Crippen molar-refractivity contribution in [3.8, 4) is 11.5 Å². The van der Waals surface area contributed by atoms with Crippen LogP contribution in [0.25, 0.3) is 0 Å². The molecule has 0 unspecified atom stereocenters. The summed E-state index contributed by atoms with van der Waals surface area (Å²) in [5.74, 6) is 1.55. The Morgan fingerprint density at radius 3 is 2.36 bits per heavy atom. The van der Waals surface area contributed by atoms with Gasteiger partial charge < -0.3 is 20.1 Å². The van der Waals surface area contributed by atoms with Gasteiger partial charge in [0.25, 0.3) is 0 Å². The van der Waals surface area contributed by atoms with Crippen LogP contribution >= 0.6 is 11.6 Å². The molecule has 134 valence electrons. The minimum Gasteiger partial charge on any atom is -0.494 e. The van der Waals surface area contributed by atoms with Crippen molar-refractivity contribution in [2.75, 3.05) is 26.3 Å². The Morgan fingerprint density at radius 2 is 1.68 bits per heavy atom. The van der Waals surface area contributed by atoms with E-state index in [1.165, 1.54) is 0 Å². The highest BCUT2D eigenvalue weighted by Crippen LogP contribution is 2.17. The smallest absolute Gasteiger partial charge is 0.314 e. The molecule has 2 rings (SSSR count). The van der Waals surface area contributed by atoms with Gasteiger partial charge in [-0.25, -0.2) is 4.79 Å². The number of ether oxygens (including phenoxy) is 2. The van der Waals surface area contributed by atoms with Crippen LogP contribution in [0.4, 0.5) is 4.79 Å². The maximum Gasteiger partial charge on any atom is 0.314 e. The zero-order valence-electron chi connectivity index (χ0n) is 14.3. The van der Waals surface area contributed by atoms with Gasteiger partial charge >= 0.3 is 6.03 Å². The third-order valence-corrected chi connectivity index (χ3v) is 3.61. The van der Waals surface area contributed by atoms with Crippen LogP contribution in [0.3, 0.4) is 0 Å². The van der Waals surface area contributed by atoms with Crippen LogP contribution < -0.4 is 20.1 Å². The first-order chi connectivity index (χ1) is 12.2. The van der Waals surface area contributed by atoms with Crippen molar-refractivity contribution in [3.05, 3.63) is 59.1 Å². The number of carbonyl (C=O) groups excluding carboxylic acids is 1. The number of halogens is 1. The Morgan fingerprint density at radius 1 is 1.00 bits per heavy atom. The van der Waals surface area contributed by atoms with Gasteiger partial charge in [-0.15, -0.1) is 0 Å². The van der Waals surface area contributed by atoms with Crippen molar-refractivity contribution in [3.63, 3.8) is 0 Å².